The standard InChI is InChI=1S/C18H15F15O2/c1-3-35-10-7-5-4-6-9(10)11(34-2)8-12(19,20)13(21,22)14(23,24)15(25,26)16(27,28)17(29,30)18(31,32)33/h4-7,11H,3,8H2,1-2H3. The molecule has 0 aliphatic rings. The molecule has 0 N–H and O–H groups in total. The lowest BCUT2D eigenvalue weighted by molar-refractivity contribution is -0.453. The molecule has 1 rings (SSSR count). The van der Waals surface area contributed by atoms with E-state index in [-0.39, 0.29) is 12.4 Å². The summed E-state index contributed by atoms with van der Waals surface area (Å²) in [4.78, 5) is 0. The van der Waals surface area contributed by atoms with Crippen LogP contribution >= 0.6 is 0 Å². The number of benzene rings is 1. The van der Waals surface area contributed by atoms with Crippen molar-refractivity contribution in [3.63, 3.8) is 0 Å². The highest BCUT2D eigenvalue weighted by molar-refractivity contribution is 5.35. The number of alkyl halides is 15. The van der Waals surface area contributed by atoms with Crippen LogP contribution in [0.5, 0.6) is 5.75 Å². The van der Waals surface area contributed by atoms with E-state index in [0.717, 1.165) is 18.2 Å². The lowest BCUT2D eigenvalue weighted by atomic mass is 9.88. The minimum atomic E-state index is -8.32. The quantitative estimate of drug-likeness (QED) is 0.266. The Bertz CT molecular complexity index is 864. The first kappa shape index (κ1) is 31.0. The second kappa shape index (κ2) is 9.42. The molecule has 0 fully saturated rings. The maximum atomic E-state index is 14.2. The SMILES string of the molecule is CCOc1ccccc1C(CC(F)(F)C(F)(F)C(F)(F)C(F)(F)C(F)(F)C(F)(F)C(F)(F)F)OC. The van der Waals surface area contributed by atoms with Crippen molar-refractivity contribution in [2.75, 3.05) is 13.7 Å². The summed E-state index contributed by atoms with van der Waals surface area (Å²) in [7, 11) is 0.576. The third-order valence-corrected chi connectivity index (χ3v) is 4.68. The summed E-state index contributed by atoms with van der Waals surface area (Å²) in [6, 6.07) is 4.32. The molecular formula is C18H15F15O2. The summed E-state index contributed by atoms with van der Waals surface area (Å²) >= 11 is 0. The fraction of sp³-hybridized carbons (Fsp3) is 0.667. The van der Waals surface area contributed by atoms with E-state index in [0.29, 0.717) is 7.11 Å². The van der Waals surface area contributed by atoms with Gasteiger partial charge in [-0.2, -0.15) is 65.9 Å². The van der Waals surface area contributed by atoms with E-state index in [4.69, 9.17) is 4.74 Å². The van der Waals surface area contributed by atoms with Crippen molar-refractivity contribution in [1.29, 1.82) is 0 Å². The summed E-state index contributed by atoms with van der Waals surface area (Å²) in [5, 5.41) is 0. The van der Waals surface area contributed by atoms with Gasteiger partial charge in [0, 0.05) is 19.1 Å². The molecule has 35 heavy (non-hydrogen) atoms. The lowest BCUT2D eigenvalue weighted by Gasteiger charge is -2.42. The second-order valence-electron chi connectivity index (χ2n) is 6.97. The second-order valence-corrected chi connectivity index (χ2v) is 6.97. The molecule has 1 atom stereocenters. The zero-order valence-electron chi connectivity index (χ0n) is 17.3. The van der Waals surface area contributed by atoms with Crippen molar-refractivity contribution < 1.29 is 75.3 Å². The molecule has 1 aromatic carbocycles. The topological polar surface area (TPSA) is 18.5 Å². The van der Waals surface area contributed by atoms with Crippen molar-refractivity contribution in [2.24, 2.45) is 0 Å². The van der Waals surface area contributed by atoms with Gasteiger partial charge in [0.05, 0.1) is 12.7 Å². The van der Waals surface area contributed by atoms with Gasteiger partial charge in [0.1, 0.15) is 5.75 Å². The van der Waals surface area contributed by atoms with E-state index >= 15 is 0 Å². The maximum Gasteiger partial charge on any atom is 0.460 e. The lowest BCUT2D eigenvalue weighted by Crippen LogP contribution is -2.72. The molecule has 17 heteroatoms. The Hall–Kier alpha value is -2.07. The third kappa shape index (κ3) is 4.83. The minimum Gasteiger partial charge on any atom is -0.493 e. The third-order valence-electron chi connectivity index (χ3n) is 4.68. The van der Waals surface area contributed by atoms with Gasteiger partial charge in [0.15, 0.2) is 0 Å². The van der Waals surface area contributed by atoms with Crippen molar-refractivity contribution >= 4 is 0 Å². The fourth-order valence-corrected chi connectivity index (χ4v) is 2.71. The summed E-state index contributed by atoms with van der Waals surface area (Å²) in [6.07, 6.45) is -12.6. The van der Waals surface area contributed by atoms with Crippen molar-refractivity contribution in [2.45, 2.75) is 61.2 Å². The molecule has 0 heterocycles. The first-order chi connectivity index (χ1) is 15.5. The largest absolute Gasteiger partial charge is 0.493 e. The van der Waals surface area contributed by atoms with Crippen LogP contribution in [0.4, 0.5) is 65.9 Å². The van der Waals surface area contributed by atoms with Crippen molar-refractivity contribution in [3.8, 4) is 5.75 Å². The van der Waals surface area contributed by atoms with Gasteiger partial charge in [-0.15, -0.1) is 0 Å². The number of hydrogen-bond donors (Lipinski definition) is 0. The Morgan fingerprint density at radius 3 is 1.51 bits per heavy atom. The Morgan fingerprint density at radius 2 is 1.09 bits per heavy atom. The van der Waals surface area contributed by atoms with Crippen LogP contribution in [0.25, 0.3) is 0 Å². The fourth-order valence-electron chi connectivity index (χ4n) is 2.71. The van der Waals surface area contributed by atoms with Crippen LogP contribution in [-0.4, -0.2) is 55.4 Å². The zero-order chi connectivity index (χ0) is 27.9. The highest BCUT2D eigenvalue weighted by Gasteiger charge is 2.93. The Kier molecular flexibility index (Phi) is 8.34. The van der Waals surface area contributed by atoms with Gasteiger partial charge >= 0.3 is 41.7 Å². The molecule has 0 aliphatic carbocycles. The number of para-hydroxylation sites is 1. The smallest absolute Gasteiger partial charge is 0.460 e. The number of methoxy groups -OCH3 is 1. The molecule has 204 valence electrons. The summed E-state index contributed by atoms with van der Waals surface area (Å²) in [6.45, 7) is 1.23. The molecule has 0 aliphatic heterocycles. The summed E-state index contributed by atoms with van der Waals surface area (Å²) < 4.78 is 210. The zero-order valence-corrected chi connectivity index (χ0v) is 17.3. The average molecular weight is 548 g/mol. The van der Waals surface area contributed by atoms with E-state index in [9.17, 15) is 65.9 Å². The van der Waals surface area contributed by atoms with Gasteiger partial charge in [-0.05, 0) is 13.0 Å². The Balaban J connectivity index is 3.53. The van der Waals surface area contributed by atoms with Gasteiger partial charge in [-0.25, -0.2) is 0 Å². The van der Waals surface area contributed by atoms with Crippen LogP contribution in [0.3, 0.4) is 0 Å². The molecular weight excluding hydrogens is 533 g/mol. The summed E-state index contributed by atoms with van der Waals surface area (Å²) in [5.74, 6) is -47.1. The molecule has 0 saturated carbocycles. The average Bonchev–Trinajstić information content (AvgIpc) is 2.71. The van der Waals surface area contributed by atoms with Gasteiger partial charge in [-0.1, -0.05) is 18.2 Å². The van der Waals surface area contributed by atoms with Crippen LogP contribution < -0.4 is 4.74 Å². The van der Waals surface area contributed by atoms with E-state index in [1.54, 1.807) is 0 Å². The molecule has 0 saturated heterocycles. The van der Waals surface area contributed by atoms with E-state index in [2.05, 4.69) is 4.74 Å². The van der Waals surface area contributed by atoms with Crippen molar-refractivity contribution in [3.05, 3.63) is 29.8 Å². The molecule has 0 radical (unpaired) electrons. The van der Waals surface area contributed by atoms with Crippen LogP contribution in [0.2, 0.25) is 0 Å². The molecule has 0 aromatic heterocycles. The molecule has 0 bridgehead atoms. The predicted molar refractivity (Wildman–Crippen MR) is 87.7 cm³/mol. The highest BCUT2D eigenvalue weighted by Crippen LogP contribution is 2.63. The Labute approximate surface area is 187 Å². The van der Waals surface area contributed by atoms with Crippen LogP contribution in [0.1, 0.15) is 25.0 Å². The van der Waals surface area contributed by atoms with Gasteiger partial charge in [0.25, 0.3) is 0 Å². The monoisotopic (exact) mass is 548 g/mol. The molecule has 0 amide bonds. The van der Waals surface area contributed by atoms with Gasteiger partial charge in [-0.3, -0.25) is 0 Å². The molecule has 0 spiro atoms. The number of halogens is 15. The van der Waals surface area contributed by atoms with E-state index < -0.39 is 59.8 Å². The Morgan fingerprint density at radius 1 is 0.657 bits per heavy atom. The summed E-state index contributed by atoms with van der Waals surface area (Å²) in [5.41, 5.74) is -0.517. The first-order valence-corrected chi connectivity index (χ1v) is 9.06. The maximum absolute atomic E-state index is 14.2. The van der Waals surface area contributed by atoms with E-state index in [1.165, 1.54) is 13.0 Å². The van der Waals surface area contributed by atoms with Gasteiger partial charge in [0.2, 0.25) is 0 Å². The van der Waals surface area contributed by atoms with Crippen LogP contribution in [0, 0.1) is 0 Å². The number of rotatable bonds is 11. The van der Waals surface area contributed by atoms with Crippen LogP contribution in [0.15, 0.2) is 24.3 Å². The normalized spacial score (nSPS) is 15.8. The molecule has 1 aromatic rings. The molecule has 1 unspecified atom stereocenters. The van der Waals surface area contributed by atoms with Crippen LogP contribution in [-0.2, 0) is 4.74 Å². The van der Waals surface area contributed by atoms with E-state index in [1.807, 2.05) is 0 Å². The number of ether oxygens (including phenoxy) is 2. The molecule has 2 nitrogen and oxygen atoms in total. The van der Waals surface area contributed by atoms with Gasteiger partial charge < -0.3 is 9.47 Å². The number of hydrogen-bond acceptors (Lipinski definition) is 2. The predicted octanol–water partition coefficient (Wildman–Crippen LogP) is 7.54. The minimum absolute atomic E-state index is 0.146. The van der Waals surface area contributed by atoms with Crippen molar-refractivity contribution in [1.82, 2.24) is 0 Å². The highest BCUT2D eigenvalue weighted by atomic mass is 19.4. The first-order valence-electron chi connectivity index (χ1n) is 9.06.